The number of thiophene rings is 1. The normalized spacial score (nSPS) is 16.0. The van der Waals surface area contributed by atoms with Crippen LogP contribution in [0.2, 0.25) is 0 Å². The molecule has 1 aliphatic heterocycles. The number of amides is 2. The summed E-state index contributed by atoms with van der Waals surface area (Å²) >= 11 is 1.33. The zero-order valence-corrected chi connectivity index (χ0v) is 17.6. The fraction of sp³-hybridized carbons (Fsp3) is 0.632. The Labute approximate surface area is 164 Å². The summed E-state index contributed by atoms with van der Waals surface area (Å²) in [6, 6.07) is 0. The number of carbonyl (C=O) groups is 3. The van der Waals surface area contributed by atoms with Crippen molar-refractivity contribution in [2.24, 2.45) is 5.41 Å². The van der Waals surface area contributed by atoms with Gasteiger partial charge in [-0.25, -0.2) is 4.79 Å². The number of nitrogens with one attached hydrogen (secondary N) is 1. The summed E-state index contributed by atoms with van der Waals surface area (Å²) in [4.78, 5) is 40.1. The molecule has 1 aromatic rings. The van der Waals surface area contributed by atoms with Crippen molar-refractivity contribution >= 4 is 34.1 Å². The lowest BCUT2D eigenvalue weighted by atomic mass is 9.96. The Balaban J connectivity index is 2.15. The highest BCUT2D eigenvalue weighted by atomic mass is 32.1. The van der Waals surface area contributed by atoms with E-state index in [1.54, 1.807) is 32.6 Å². The second kappa shape index (κ2) is 8.39. The van der Waals surface area contributed by atoms with E-state index in [2.05, 4.69) is 5.32 Å². The van der Waals surface area contributed by atoms with E-state index in [1.807, 2.05) is 13.8 Å². The van der Waals surface area contributed by atoms with Gasteiger partial charge in [-0.2, -0.15) is 0 Å². The van der Waals surface area contributed by atoms with Gasteiger partial charge in [-0.3, -0.25) is 9.59 Å². The van der Waals surface area contributed by atoms with E-state index in [9.17, 15) is 14.4 Å². The van der Waals surface area contributed by atoms with E-state index >= 15 is 0 Å². The van der Waals surface area contributed by atoms with E-state index in [0.29, 0.717) is 36.9 Å². The van der Waals surface area contributed by atoms with Gasteiger partial charge in [0.25, 0.3) is 5.91 Å². The third-order valence-electron chi connectivity index (χ3n) is 4.45. The van der Waals surface area contributed by atoms with E-state index < -0.39 is 17.5 Å². The number of carbonyl (C=O) groups excluding carboxylic acids is 3. The van der Waals surface area contributed by atoms with Crippen molar-refractivity contribution in [2.45, 2.75) is 47.6 Å². The third kappa shape index (κ3) is 5.07. The second-order valence-electron chi connectivity index (χ2n) is 7.68. The maximum atomic E-state index is 12.8. The zero-order valence-electron chi connectivity index (χ0n) is 16.8. The molecule has 1 N–H and O–H groups in total. The number of hydrogen-bond acceptors (Lipinski definition) is 6. The third-order valence-corrected chi connectivity index (χ3v) is 5.57. The van der Waals surface area contributed by atoms with Crippen LogP contribution in [-0.4, -0.2) is 55.1 Å². The molecule has 1 aliphatic rings. The van der Waals surface area contributed by atoms with Crippen LogP contribution >= 0.6 is 11.3 Å². The molecule has 1 aromatic heterocycles. The summed E-state index contributed by atoms with van der Waals surface area (Å²) in [5.41, 5.74) is 0.476. The van der Waals surface area contributed by atoms with Gasteiger partial charge in [0.2, 0.25) is 5.91 Å². The maximum Gasteiger partial charge on any atom is 0.342 e. The van der Waals surface area contributed by atoms with Crippen LogP contribution in [0, 0.1) is 19.3 Å². The standard InChI is InChI=1S/C19H28N2O5S/c1-11-13(3)27-15(20-18(24)19(4,5)6)14(11)17(23)26-12(2)16(22)21-7-9-25-10-8-21/h12H,7-10H2,1-6H3,(H,20,24). The minimum absolute atomic E-state index is 0.185. The van der Waals surface area contributed by atoms with Crippen molar-refractivity contribution in [3.8, 4) is 0 Å². The number of hydrogen-bond donors (Lipinski definition) is 1. The number of anilines is 1. The van der Waals surface area contributed by atoms with Gasteiger partial charge < -0.3 is 19.7 Å². The van der Waals surface area contributed by atoms with Crippen LogP contribution in [0.15, 0.2) is 0 Å². The quantitative estimate of drug-likeness (QED) is 0.791. The van der Waals surface area contributed by atoms with Crippen molar-refractivity contribution in [2.75, 3.05) is 31.6 Å². The highest BCUT2D eigenvalue weighted by Gasteiger charge is 2.30. The Morgan fingerprint density at radius 3 is 2.33 bits per heavy atom. The monoisotopic (exact) mass is 396 g/mol. The van der Waals surface area contributed by atoms with Gasteiger partial charge in [0.15, 0.2) is 6.10 Å². The fourth-order valence-corrected chi connectivity index (χ4v) is 3.61. The molecule has 0 saturated carbocycles. The van der Waals surface area contributed by atoms with Crippen molar-refractivity contribution in [3.05, 3.63) is 16.0 Å². The van der Waals surface area contributed by atoms with Crippen molar-refractivity contribution in [1.82, 2.24) is 4.90 Å². The molecule has 2 amide bonds. The minimum Gasteiger partial charge on any atom is -0.449 e. The van der Waals surface area contributed by atoms with Crippen LogP contribution < -0.4 is 5.32 Å². The van der Waals surface area contributed by atoms with Crippen molar-refractivity contribution in [3.63, 3.8) is 0 Å². The molecule has 1 atom stereocenters. The molecule has 27 heavy (non-hydrogen) atoms. The topological polar surface area (TPSA) is 84.9 Å². The Kier molecular flexibility index (Phi) is 6.64. The fourth-order valence-electron chi connectivity index (χ4n) is 2.56. The molecule has 0 spiro atoms. The van der Waals surface area contributed by atoms with Gasteiger partial charge in [0.1, 0.15) is 5.00 Å². The maximum absolute atomic E-state index is 12.8. The van der Waals surface area contributed by atoms with Crippen molar-refractivity contribution < 1.29 is 23.9 Å². The van der Waals surface area contributed by atoms with Crippen molar-refractivity contribution in [1.29, 1.82) is 0 Å². The molecule has 8 heteroatoms. The van der Waals surface area contributed by atoms with Gasteiger partial charge in [-0.05, 0) is 26.3 Å². The Hall–Kier alpha value is -1.93. The number of morpholine rings is 1. The first-order valence-corrected chi connectivity index (χ1v) is 9.83. The minimum atomic E-state index is -0.902. The highest BCUT2D eigenvalue weighted by Crippen LogP contribution is 2.34. The van der Waals surface area contributed by atoms with Crippen LogP contribution in [0.3, 0.4) is 0 Å². The number of ether oxygens (including phenoxy) is 2. The number of rotatable bonds is 4. The van der Waals surface area contributed by atoms with Gasteiger partial charge in [-0.1, -0.05) is 20.8 Å². The molecule has 1 fully saturated rings. The number of nitrogens with zero attached hydrogens (tertiary/aromatic N) is 1. The Morgan fingerprint density at radius 1 is 1.19 bits per heavy atom. The first kappa shape index (κ1) is 21.4. The van der Waals surface area contributed by atoms with Gasteiger partial charge >= 0.3 is 5.97 Å². The molecule has 7 nitrogen and oxygen atoms in total. The molecule has 0 radical (unpaired) electrons. The summed E-state index contributed by atoms with van der Waals surface area (Å²) in [5, 5.41) is 3.28. The second-order valence-corrected chi connectivity index (χ2v) is 8.90. The lowest BCUT2D eigenvalue weighted by molar-refractivity contribution is -0.143. The van der Waals surface area contributed by atoms with E-state index in [1.165, 1.54) is 11.3 Å². The first-order valence-electron chi connectivity index (χ1n) is 9.01. The largest absolute Gasteiger partial charge is 0.449 e. The number of esters is 1. The van der Waals surface area contributed by atoms with Crippen LogP contribution in [0.4, 0.5) is 5.00 Å². The molecular formula is C19H28N2O5S. The summed E-state index contributed by atoms with van der Waals surface area (Å²) < 4.78 is 10.7. The smallest absolute Gasteiger partial charge is 0.342 e. The van der Waals surface area contributed by atoms with Crippen LogP contribution in [0.1, 0.15) is 48.5 Å². The highest BCUT2D eigenvalue weighted by molar-refractivity contribution is 7.16. The molecular weight excluding hydrogens is 368 g/mol. The molecule has 150 valence electrons. The summed E-state index contributed by atoms with van der Waals surface area (Å²) in [6.45, 7) is 12.6. The van der Waals surface area contributed by atoms with Gasteiger partial charge in [0, 0.05) is 23.4 Å². The molecule has 2 rings (SSSR count). The molecule has 2 heterocycles. The summed E-state index contributed by atoms with van der Waals surface area (Å²) in [6.07, 6.45) is -0.902. The zero-order chi connectivity index (χ0) is 20.4. The SMILES string of the molecule is Cc1sc(NC(=O)C(C)(C)C)c(C(=O)OC(C)C(=O)N2CCOCC2)c1C. The first-order chi connectivity index (χ1) is 12.5. The predicted molar refractivity (Wildman–Crippen MR) is 104 cm³/mol. The number of aryl methyl sites for hydroxylation is 1. The van der Waals surface area contributed by atoms with Crippen LogP contribution in [0.5, 0.6) is 0 Å². The predicted octanol–water partition coefficient (Wildman–Crippen LogP) is 2.75. The molecule has 1 unspecified atom stereocenters. The Bertz CT molecular complexity index is 729. The average molecular weight is 397 g/mol. The van der Waals surface area contributed by atoms with Crippen LogP contribution in [-0.2, 0) is 19.1 Å². The van der Waals surface area contributed by atoms with Gasteiger partial charge in [0.05, 0.1) is 18.8 Å². The Morgan fingerprint density at radius 2 is 1.78 bits per heavy atom. The van der Waals surface area contributed by atoms with E-state index in [0.717, 1.165) is 10.4 Å². The molecule has 0 aromatic carbocycles. The summed E-state index contributed by atoms with van der Waals surface area (Å²) in [5.74, 6) is -1.03. The molecule has 1 saturated heterocycles. The molecule has 0 bridgehead atoms. The van der Waals surface area contributed by atoms with E-state index in [4.69, 9.17) is 9.47 Å². The molecule has 0 aliphatic carbocycles. The summed E-state index contributed by atoms with van der Waals surface area (Å²) in [7, 11) is 0. The van der Waals surface area contributed by atoms with Gasteiger partial charge in [-0.15, -0.1) is 11.3 Å². The van der Waals surface area contributed by atoms with Crippen LogP contribution in [0.25, 0.3) is 0 Å². The lowest BCUT2D eigenvalue weighted by Gasteiger charge is -2.29. The lowest BCUT2D eigenvalue weighted by Crippen LogP contribution is -2.46. The van der Waals surface area contributed by atoms with E-state index in [-0.39, 0.29) is 11.8 Å². The average Bonchev–Trinajstić information content (AvgIpc) is 2.88.